The van der Waals surface area contributed by atoms with Gasteiger partial charge in [-0.2, -0.15) is 0 Å². The first kappa shape index (κ1) is 10.4. The summed E-state index contributed by atoms with van der Waals surface area (Å²) in [5, 5.41) is 18.3. The molecular formula is C8H13IO3. The van der Waals surface area contributed by atoms with Gasteiger partial charge < -0.3 is 14.9 Å². The molecule has 0 saturated carbocycles. The molecule has 0 amide bonds. The molecule has 2 unspecified atom stereocenters. The Morgan fingerprint density at radius 2 is 2.33 bits per heavy atom. The smallest absolute Gasteiger partial charge is 0.107 e. The molecule has 2 N–H and O–H groups in total. The van der Waals surface area contributed by atoms with E-state index in [-0.39, 0.29) is 16.6 Å². The molecule has 0 spiro atoms. The lowest BCUT2D eigenvalue weighted by molar-refractivity contribution is -0.113. The molecule has 0 radical (unpaired) electrons. The number of rotatable bonds is 2. The van der Waals surface area contributed by atoms with Crippen LogP contribution in [-0.2, 0) is 4.74 Å². The van der Waals surface area contributed by atoms with Crippen LogP contribution in [0.5, 0.6) is 0 Å². The maximum Gasteiger partial charge on any atom is 0.107 e. The second-order valence-corrected chi connectivity index (χ2v) is 4.48. The summed E-state index contributed by atoms with van der Waals surface area (Å²) in [7, 11) is 0. The van der Waals surface area contributed by atoms with Gasteiger partial charge in [0.25, 0.3) is 0 Å². The van der Waals surface area contributed by atoms with Gasteiger partial charge in [0.15, 0.2) is 0 Å². The predicted octanol–water partition coefficient (Wildman–Crippen LogP) is 0.487. The zero-order valence-electron chi connectivity index (χ0n) is 6.69. The molecule has 0 bridgehead atoms. The highest BCUT2D eigenvalue weighted by Crippen LogP contribution is 2.26. The van der Waals surface area contributed by atoms with E-state index < -0.39 is 12.2 Å². The standard InChI is InChI=1S/C8H13IO3/c1-2-7-5(9)3-6(11)8(4-10)12-7/h2,5-8,10-11H,1,3-4H2/t5?,6-,7+,8?/m0/s1. The van der Waals surface area contributed by atoms with Gasteiger partial charge in [0.2, 0.25) is 0 Å². The van der Waals surface area contributed by atoms with Gasteiger partial charge in [-0.1, -0.05) is 28.7 Å². The molecule has 1 heterocycles. The lowest BCUT2D eigenvalue weighted by Crippen LogP contribution is -2.45. The molecular weight excluding hydrogens is 271 g/mol. The highest BCUT2D eigenvalue weighted by molar-refractivity contribution is 14.1. The molecule has 1 rings (SSSR count). The van der Waals surface area contributed by atoms with E-state index in [1.165, 1.54) is 0 Å². The van der Waals surface area contributed by atoms with Crippen molar-refractivity contribution in [2.24, 2.45) is 0 Å². The van der Waals surface area contributed by atoms with Crippen LogP contribution in [0.15, 0.2) is 12.7 Å². The van der Waals surface area contributed by atoms with E-state index in [0.717, 1.165) is 0 Å². The van der Waals surface area contributed by atoms with Crippen molar-refractivity contribution in [3.8, 4) is 0 Å². The average molecular weight is 284 g/mol. The van der Waals surface area contributed by atoms with Crippen molar-refractivity contribution in [3.05, 3.63) is 12.7 Å². The van der Waals surface area contributed by atoms with Gasteiger partial charge in [-0.25, -0.2) is 0 Å². The minimum Gasteiger partial charge on any atom is -0.394 e. The zero-order valence-corrected chi connectivity index (χ0v) is 8.85. The third-order valence-corrected chi connectivity index (χ3v) is 3.21. The monoisotopic (exact) mass is 284 g/mol. The Hall–Kier alpha value is 0.350. The lowest BCUT2D eigenvalue weighted by atomic mass is 10.0. The van der Waals surface area contributed by atoms with Crippen LogP contribution in [-0.4, -0.2) is 39.1 Å². The van der Waals surface area contributed by atoms with Crippen LogP contribution < -0.4 is 0 Å². The van der Waals surface area contributed by atoms with Crippen molar-refractivity contribution < 1.29 is 14.9 Å². The lowest BCUT2D eigenvalue weighted by Gasteiger charge is -2.34. The third-order valence-electron chi connectivity index (χ3n) is 2.00. The van der Waals surface area contributed by atoms with Crippen LogP contribution in [0.1, 0.15) is 6.42 Å². The van der Waals surface area contributed by atoms with E-state index in [4.69, 9.17) is 9.84 Å². The van der Waals surface area contributed by atoms with E-state index in [9.17, 15) is 5.11 Å². The van der Waals surface area contributed by atoms with Gasteiger partial charge in [0.1, 0.15) is 6.10 Å². The maximum atomic E-state index is 9.43. The summed E-state index contributed by atoms with van der Waals surface area (Å²) >= 11 is 2.22. The van der Waals surface area contributed by atoms with Crippen molar-refractivity contribution in [3.63, 3.8) is 0 Å². The molecule has 1 saturated heterocycles. The molecule has 0 aromatic carbocycles. The summed E-state index contributed by atoms with van der Waals surface area (Å²) in [6, 6.07) is 0. The highest BCUT2D eigenvalue weighted by atomic mass is 127. The second-order valence-electron chi connectivity index (χ2n) is 2.88. The summed E-state index contributed by atoms with van der Waals surface area (Å²) in [5.74, 6) is 0. The molecule has 4 atom stereocenters. The minimum atomic E-state index is -0.548. The number of alkyl halides is 1. The molecule has 70 valence electrons. The SMILES string of the molecule is C=C[C@H]1OC(CO)[C@@H](O)CC1I. The van der Waals surface area contributed by atoms with Crippen molar-refractivity contribution in [1.82, 2.24) is 0 Å². The van der Waals surface area contributed by atoms with E-state index in [0.29, 0.717) is 6.42 Å². The number of halogens is 1. The zero-order chi connectivity index (χ0) is 9.14. The fourth-order valence-corrected chi connectivity index (χ4v) is 2.25. The van der Waals surface area contributed by atoms with Crippen LogP contribution in [0, 0.1) is 0 Å². The number of aliphatic hydroxyl groups is 2. The fraction of sp³-hybridized carbons (Fsp3) is 0.750. The van der Waals surface area contributed by atoms with Gasteiger partial charge >= 0.3 is 0 Å². The van der Waals surface area contributed by atoms with Crippen molar-refractivity contribution in [1.29, 1.82) is 0 Å². The van der Waals surface area contributed by atoms with Crippen molar-refractivity contribution >= 4 is 22.6 Å². The molecule has 0 aromatic rings. The Kier molecular flexibility index (Phi) is 3.95. The van der Waals surface area contributed by atoms with Gasteiger partial charge in [-0.05, 0) is 6.42 Å². The van der Waals surface area contributed by atoms with E-state index in [2.05, 4.69) is 29.2 Å². The first-order valence-electron chi connectivity index (χ1n) is 3.90. The topological polar surface area (TPSA) is 49.7 Å². The second kappa shape index (κ2) is 4.55. The Morgan fingerprint density at radius 1 is 1.67 bits per heavy atom. The molecule has 1 fully saturated rings. The number of ether oxygens (including phenoxy) is 1. The fourth-order valence-electron chi connectivity index (χ4n) is 1.26. The van der Waals surface area contributed by atoms with Crippen LogP contribution in [0.3, 0.4) is 0 Å². The minimum absolute atomic E-state index is 0.0499. The quantitative estimate of drug-likeness (QED) is 0.441. The van der Waals surface area contributed by atoms with E-state index in [1.54, 1.807) is 6.08 Å². The van der Waals surface area contributed by atoms with Crippen LogP contribution in [0.25, 0.3) is 0 Å². The number of hydrogen-bond acceptors (Lipinski definition) is 3. The van der Waals surface area contributed by atoms with Crippen molar-refractivity contribution in [2.75, 3.05) is 6.61 Å². The molecule has 4 heteroatoms. The Bertz CT molecular complexity index is 162. The first-order chi connectivity index (χ1) is 5.69. The predicted molar refractivity (Wildman–Crippen MR) is 54.4 cm³/mol. The summed E-state index contributed by atoms with van der Waals surface area (Å²) in [5.41, 5.74) is 0. The number of hydrogen-bond donors (Lipinski definition) is 2. The highest BCUT2D eigenvalue weighted by Gasteiger charge is 2.33. The van der Waals surface area contributed by atoms with Gasteiger partial charge in [0.05, 0.1) is 18.8 Å². The van der Waals surface area contributed by atoms with E-state index >= 15 is 0 Å². The Labute approximate surface area is 85.6 Å². The molecule has 0 aromatic heterocycles. The summed E-state index contributed by atoms with van der Waals surface area (Å²) in [4.78, 5) is 0. The van der Waals surface area contributed by atoms with Crippen LogP contribution in [0.2, 0.25) is 0 Å². The summed E-state index contributed by atoms with van der Waals surface area (Å²) < 4.78 is 5.63. The Balaban J connectivity index is 2.56. The summed E-state index contributed by atoms with van der Waals surface area (Å²) in [6.07, 6.45) is 1.33. The third kappa shape index (κ3) is 2.18. The first-order valence-corrected chi connectivity index (χ1v) is 5.14. The van der Waals surface area contributed by atoms with Crippen LogP contribution in [0.4, 0.5) is 0 Å². The average Bonchev–Trinajstić information content (AvgIpc) is 2.05. The van der Waals surface area contributed by atoms with Crippen molar-refractivity contribution in [2.45, 2.75) is 28.7 Å². The number of aliphatic hydroxyl groups excluding tert-OH is 2. The summed E-state index contributed by atoms with van der Waals surface area (Å²) in [6.45, 7) is 3.51. The Morgan fingerprint density at radius 3 is 2.83 bits per heavy atom. The van der Waals surface area contributed by atoms with E-state index in [1.807, 2.05) is 0 Å². The molecule has 0 aliphatic carbocycles. The maximum absolute atomic E-state index is 9.43. The molecule has 12 heavy (non-hydrogen) atoms. The largest absolute Gasteiger partial charge is 0.394 e. The van der Waals surface area contributed by atoms with Crippen LogP contribution >= 0.6 is 22.6 Å². The molecule has 1 aliphatic heterocycles. The van der Waals surface area contributed by atoms with Gasteiger partial charge in [0, 0.05) is 3.92 Å². The molecule has 3 nitrogen and oxygen atoms in total. The van der Waals surface area contributed by atoms with Gasteiger partial charge in [-0.15, -0.1) is 6.58 Å². The normalized spacial score (nSPS) is 42.6. The molecule has 1 aliphatic rings. The van der Waals surface area contributed by atoms with Gasteiger partial charge in [-0.3, -0.25) is 0 Å².